The molecular formula is C10H13NO3S. The molecule has 0 radical (unpaired) electrons. The lowest BCUT2D eigenvalue weighted by molar-refractivity contribution is -0.143. The molecule has 0 spiro atoms. The van der Waals surface area contributed by atoms with Crippen LogP contribution in [0.2, 0.25) is 0 Å². The largest absolute Gasteiger partial charge is 0.481 e. The van der Waals surface area contributed by atoms with Gasteiger partial charge in [0.05, 0.1) is 17.0 Å². The molecule has 2 rings (SSSR count). The number of thiazole rings is 1. The van der Waals surface area contributed by atoms with Gasteiger partial charge in [0.1, 0.15) is 0 Å². The zero-order chi connectivity index (χ0) is 10.8. The van der Waals surface area contributed by atoms with E-state index in [1.54, 1.807) is 6.20 Å². The Bertz CT molecular complexity index is 338. The fourth-order valence-electron chi connectivity index (χ4n) is 2.06. The van der Waals surface area contributed by atoms with Crippen LogP contribution in [0.25, 0.3) is 0 Å². The van der Waals surface area contributed by atoms with Crippen LogP contribution in [0.3, 0.4) is 0 Å². The molecule has 2 N–H and O–H groups in total. The Morgan fingerprint density at radius 3 is 2.93 bits per heavy atom. The predicted octanol–water partition coefficient (Wildman–Crippen LogP) is 1.47. The number of aromatic nitrogens is 1. The normalized spacial score (nSPS) is 31.4. The second-order valence-electron chi connectivity index (χ2n) is 3.89. The average Bonchev–Trinajstić information content (AvgIpc) is 2.71. The molecular weight excluding hydrogens is 214 g/mol. The van der Waals surface area contributed by atoms with Crippen molar-refractivity contribution in [1.82, 2.24) is 4.98 Å². The third-order valence-corrected chi connectivity index (χ3v) is 3.84. The standard InChI is InChI=1S/C10H13NO3S/c12-8-2-1-6(10(13)14)5-7(8)9-11-3-4-15-9/h3-4,6-8,12H,1-2,5H2,(H,13,14). The van der Waals surface area contributed by atoms with Crippen molar-refractivity contribution in [2.45, 2.75) is 31.3 Å². The number of nitrogens with zero attached hydrogens (tertiary/aromatic N) is 1. The zero-order valence-electron chi connectivity index (χ0n) is 8.17. The first-order valence-electron chi connectivity index (χ1n) is 4.98. The van der Waals surface area contributed by atoms with Gasteiger partial charge >= 0.3 is 5.97 Å². The molecule has 4 nitrogen and oxygen atoms in total. The van der Waals surface area contributed by atoms with Crippen LogP contribution in [-0.2, 0) is 4.79 Å². The van der Waals surface area contributed by atoms with Crippen LogP contribution >= 0.6 is 11.3 Å². The van der Waals surface area contributed by atoms with E-state index in [0.717, 1.165) is 5.01 Å². The number of aliphatic carboxylic acids is 1. The molecule has 1 fully saturated rings. The second kappa shape index (κ2) is 4.28. The Hall–Kier alpha value is -0.940. The van der Waals surface area contributed by atoms with E-state index in [0.29, 0.717) is 19.3 Å². The average molecular weight is 227 g/mol. The molecule has 1 aliphatic carbocycles. The molecule has 3 atom stereocenters. The Morgan fingerprint density at radius 2 is 2.33 bits per heavy atom. The van der Waals surface area contributed by atoms with Crippen molar-refractivity contribution in [3.8, 4) is 0 Å². The van der Waals surface area contributed by atoms with Crippen LogP contribution in [0.15, 0.2) is 11.6 Å². The van der Waals surface area contributed by atoms with Gasteiger partial charge in [-0.05, 0) is 19.3 Å². The van der Waals surface area contributed by atoms with Gasteiger partial charge in [-0.3, -0.25) is 4.79 Å². The van der Waals surface area contributed by atoms with Gasteiger partial charge in [-0.25, -0.2) is 4.98 Å². The minimum absolute atomic E-state index is 0.0974. The highest BCUT2D eigenvalue weighted by molar-refractivity contribution is 7.09. The lowest BCUT2D eigenvalue weighted by Gasteiger charge is -2.29. The molecule has 5 heteroatoms. The predicted molar refractivity (Wildman–Crippen MR) is 55.8 cm³/mol. The summed E-state index contributed by atoms with van der Waals surface area (Å²) in [5, 5.41) is 21.5. The van der Waals surface area contributed by atoms with Gasteiger partial charge in [0, 0.05) is 17.5 Å². The second-order valence-corrected chi connectivity index (χ2v) is 4.82. The van der Waals surface area contributed by atoms with Gasteiger partial charge < -0.3 is 10.2 Å². The Labute approximate surface area is 91.6 Å². The summed E-state index contributed by atoms with van der Waals surface area (Å²) in [7, 11) is 0. The van der Waals surface area contributed by atoms with Crippen LogP contribution in [0.4, 0.5) is 0 Å². The summed E-state index contributed by atoms with van der Waals surface area (Å²) in [6.07, 6.45) is 2.88. The molecule has 15 heavy (non-hydrogen) atoms. The molecule has 0 aromatic carbocycles. The number of hydrogen-bond donors (Lipinski definition) is 2. The van der Waals surface area contributed by atoms with E-state index in [1.807, 2.05) is 5.38 Å². The van der Waals surface area contributed by atoms with E-state index in [1.165, 1.54) is 11.3 Å². The number of carboxylic acid groups (broad SMARTS) is 1. The maximum absolute atomic E-state index is 10.9. The quantitative estimate of drug-likeness (QED) is 0.802. The summed E-state index contributed by atoms with van der Waals surface area (Å²) < 4.78 is 0. The zero-order valence-corrected chi connectivity index (χ0v) is 8.98. The molecule has 82 valence electrons. The number of hydrogen-bond acceptors (Lipinski definition) is 4. The van der Waals surface area contributed by atoms with Crippen LogP contribution in [0, 0.1) is 5.92 Å². The van der Waals surface area contributed by atoms with E-state index >= 15 is 0 Å². The first-order valence-corrected chi connectivity index (χ1v) is 5.86. The molecule has 1 aromatic heterocycles. The maximum atomic E-state index is 10.9. The lowest BCUT2D eigenvalue weighted by atomic mass is 9.80. The summed E-state index contributed by atoms with van der Waals surface area (Å²) in [6, 6.07) is 0. The lowest BCUT2D eigenvalue weighted by Crippen LogP contribution is -2.30. The summed E-state index contributed by atoms with van der Waals surface area (Å²) in [5.41, 5.74) is 0. The summed E-state index contributed by atoms with van der Waals surface area (Å²) in [5.74, 6) is -1.19. The van der Waals surface area contributed by atoms with Gasteiger partial charge in [0.25, 0.3) is 0 Å². The Balaban J connectivity index is 2.12. The fraction of sp³-hybridized carbons (Fsp3) is 0.600. The molecule has 0 aliphatic heterocycles. The molecule has 1 aliphatic rings. The third kappa shape index (κ3) is 2.18. The maximum Gasteiger partial charge on any atom is 0.306 e. The summed E-state index contributed by atoms with van der Waals surface area (Å²) in [6.45, 7) is 0. The van der Waals surface area contributed by atoms with Crippen molar-refractivity contribution < 1.29 is 15.0 Å². The van der Waals surface area contributed by atoms with Gasteiger partial charge in [0.15, 0.2) is 0 Å². The van der Waals surface area contributed by atoms with Crippen LogP contribution in [0.5, 0.6) is 0 Å². The molecule has 3 unspecified atom stereocenters. The Kier molecular flexibility index (Phi) is 3.02. The van der Waals surface area contributed by atoms with Crippen LogP contribution in [-0.4, -0.2) is 27.3 Å². The van der Waals surface area contributed by atoms with E-state index < -0.39 is 12.1 Å². The minimum atomic E-state index is -0.761. The summed E-state index contributed by atoms with van der Waals surface area (Å²) in [4.78, 5) is 15.0. The number of rotatable bonds is 2. The fourth-order valence-corrected chi connectivity index (χ4v) is 2.87. The highest BCUT2D eigenvalue weighted by Crippen LogP contribution is 2.37. The van der Waals surface area contributed by atoms with Crippen molar-refractivity contribution in [3.63, 3.8) is 0 Å². The monoisotopic (exact) mass is 227 g/mol. The first kappa shape index (κ1) is 10.6. The molecule has 1 saturated carbocycles. The molecule has 0 bridgehead atoms. The van der Waals surface area contributed by atoms with E-state index in [2.05, 4.69) is 4.98 Å². The van der Waals surface area contributed by atoms with Crippen LogP contribution in [0.1, 0.15) is 30.2 Å². The third-order valence-electron chi connectivity index (χ3n) is 2.93. The van der Waals surface area contributed by atoms with Crippen molar-refractivity contribution in [2.24, 2.45) is 5.92 Å². The topological polar surface area (TPSA) is 70.4 Å². The van der Waals surface area contributed by atoms with E-state index in [4.69, 9.17) is 5.11 Å². The smallest absolute Gasteiger partial charge is 0.306 e. The van der Waals surface area contributed by atoms with E-state index in [9.17, 15) is 9.90 Å². The van der Waals surface area contributed by atoms with Gasteiger partial charge in [-0.15, -0.1) is 11.3 Å². The Morgan fingerprint density at radius 1 is 1.53 bits per heavy atom. The molecule has 1 aromatic rings. The highest BCUT2D eigenvalue weighted by Gasteiger charge is 2.34. The molecule has 0 amide bonds. The SMILES string of the molecule is O=C(O)C1CCC(O)C(c2nccs2)C1. The molecule has 0 saturated heterocycles. The van der Waals surface area contributed by atoms with E-state index in [-0.39, 0.29) is 11.8 Å². The number of carbonyl (C=O) groups is 1. The van der Waals surface area contributed by atoms with Gasteiger partial charge in [0.2, 0.25) is 0 Å². The highest BCUT2D eigenvalue weighted by atomic mass is 32.1. The van der Waals surface area contributed by atoms with Crippen molar-refractivity contribution in [3.05, 3.63) is 16.6 Å². The number of aliphatic hydroxyl groups is 1. The van der Waals surface area contributed by atoms with Crippen molar-refractivity contribution >= 4 is 17.3 Å². The number of carboxylic acids is 1. The van der Waals surface area contributed by atoms with Gasteiger partial charge in [-0.1, -0.05) is 0 Å². The summed E-state index contributed by atoms with van der Waals surface area (Å²) >= 11 is 1.48. The first-order chi connectivity index (χ1) is 7.18. The minimum Gasteiger partial charge on any atom is -0.481 e. The van der Waals surface area contributed by atoms with Crippen molar-refractivity contribution in [1.29, 1.82) is 0 Å². The molecule has 1 heterocycles. The van der Waals surface area contributed by atoms with Crippen molar-refractivity contribution in [2.75, 3.05) is 0 Å². The number of aliphatic hydroxyl groups excluding tert-OH is 1. The van der Waals surface area contributed by atoms with Gasteiger partial charge in [-0.2, -0.15) is 0 Å². The van der Waals surface area contributed by atoms with Crippen LogP contribution < -0.4 is 0 Å².